The van der Waals surface area contributed by atoms with Crippen LogP contribution in [0.2, 0.25) is 0 Å². The molecule has 1 aromatic rings. The van der Waals surface area contributed by atoms with Gasteiger partial charge in [-0.05, 0) is 24.9 Å². The number of amides is 5. The molecule has 14 heteroatoms. The van der Waals surface area contributed by atoms with Crippen LogP contribution in [0.3, 0.4) is 0 Å². The van der Waals surface area contributed by atoms with Crippen molar-refractivity contribution in [2.24, 2.45) is 22.9 Å². The Morgan fingerprint density at radius 2 is 1.27 bits per heavy atom. The summed E-state index contributed by atoms with van der Waals surface area (Å²) in [5.74, 6) is -6.02. The molecule has 5 amide bonds. The molecule has 0 radical (unpaired) electrons. The molecule has 204 valence electrons. The SMILES string of the molecule is NCCCCC(N)C(=O)NC(Cc1ccccc1)C(=O)NC(CC(N)=O)C(=O)NC(CC(N)=O)C(=O)O. The second kappa shape index (κ2) is 15.9. The fraction of sp³-hybridized carbons (Fsp3) is 0.478. The van der Waals surface area contributed by atoms with E-state index in [2.05, 4.69) is 16.0 Å². The van der Waals surface area contributed by atoms with Crippen molar-refractivity contribution in [1.29, 1.82) is 0 Å². The molecule has 0 aliphatic heterocycles. The number of aliphatic carboxylic acids is 1. The number of primary amides is 2. The Morgan fingerprint density at radius 3 is 1.81 bits per heavy atom. The van der Waals surface area contributed by atoms with Gasteiger partial charge in [0.15, 0.2) is 0 Å². The number of rotatable bonds is 17. The van der Waals surface area contributed by atoms with Crippen molar-refractivity contribution >= 4 is 35.5 Å². The number of carboxylic acids is 1. The van der Waals surface area contributed by atoms with Gasteiger partial charge in [0.1, 0.15) is 18.1 Å². The highest BCUT2D eigenvalue weighted by Gasteiger charge is 2.31. The van der Waals surface area contributed by atoms with Crippen molar-refractivity contribution in [3.63, 3.8) is 0 Å². The van der Waals surface area contributed by atoms with E-state index in [-0.39, 0.29) is 6.42 Å². The zero-order valence-corrected chi connectivity index (χ0v) is 20.4. The molecule has 4 unspecified atom stereocenters. The van der Waals surface area contributed by atoms with E-state index in [4.69, 9.17) is 22.9 Å². The number of unbranched alkanes of at least 4 members (excludes halogenated alkanes) is 1. The molecule has 4 atom stereocenters. The fourth-order valence-corrected chi connectivity index (χ4v) is 3.33. The second-order valence-electron chi connectivity index (χ2n) is 8.44. The summed E-state index contributed by atoms with van der Waals surface area (Å²) in [6, 6.07) is 3.30. The first-order chi connectivity index (χ1) is 17.4. The summed E-state index contributed by atoms with van der Waals surface area (Å²) in [6.07, 6.45) is 0.256. The largest absolute Gasteiger partial charge is 0.480 e. The van der Waals surface area contributed by atoms with Crippen molar-refractivity contribution in [2.75, 3.05) is 6.54 Å². The van der Waals surface area contributed by atoms with Crippen molar-refractivity contribution in [3.05, 3.63) is 35.9 Å². The number of nitrogens with one attached hydrogen (secondary N) is 3. The van der Waals surface area contributed by atoms with Crippen LogP contribution in [-0.4, -0.2) is 71.3 Å². The molecule has 14 nitrogen and oxygen atoms in total. The first-order valence-corrected chi connectivity index (χ1v) is 11.6. The third-order valence-electron chi connectivity index (χ3n) is 5.28. The number of carbonyl (C=O) groups is 6. The Balaban J connectivity index is 3.08. The van der Waals surface area contributed by atoms with E-state index in [1.165, 1.54) is 0 Å². The highest BCUT2D eigenvalue weighted by Crippen LogP contribution is 2.07. The summed E-state index contributed by atoms with van der Waals surface area (Å²) in [5.41, 5.74) is 22.3. The first-order valence-electron chi connectivity index (χ1n) is 11.6. The van der Waals surface area contributed by atoms with Crippen LogP contribution in [0, 0.1) is 0 Å². The van der Waals surface area contributed by atoms with Crippen LogP contribution >= 0.6 is 0 Å². The van der Waals surface area contributed by atoms with Gasteiger partial charge in [0.25, 0.3) is 0 Å². The molecule has 12 N–H and O–H groups in total. The standard InChI is InChI=1S/C23H35N7O7/c24-9-5-4-8-14(25)20(33)28-15(10-13-6-2-1-3-7-13)21(34)29-16(11-18(26)31)22(35)30-17(23(36)37)12-19(27)32/h1-3,6-7,14-17H,4-5,8-12,24-25H2,(H2,26,31)(H2,27,32)(H,28,33)(H,29,34)(H,30,35)(H,36,37). The second-order valence-corrected chi connectivity index (χ2v) is 8.44. The molecular formula is C23H35N7O7. The minimum Gasteiger partial charge on any atom is -0.480 e. The summed E-state index contributed by atoms with van der Waals surface area (Å²) in [7, 11) is 0. The summed E-state index contributed by atoms with van der Waals surface area (Å²) < 4.78 is 0. The first kappa shape index (κ1) is 31.0. The smallest absolute Gasteiger partial charge is 0.326 e. The predicted octanol–water partition coefficient (Wildman–Crippen LogP) is -3.02. The summed E-state index contributed by atoms with van der Waals surface area (Å²) in [4.78, 5) is 72.6. The van der Waals surface area contributed by atoms with E-state index in [1.807, 2.05) is 0 Å². The molecule has 1 aromatic carbocycles. The summed E-state index contributed by atoms with van der Waals surface area (Å²) in [5, 5.41) is 16.2. The van der Waals surface area contributed by atoms with Gasteiger partial charge < -0.3 is 44.0 Å². The monoisotopic (exact) mass is 521 g/mol. The van der Waals surface area contributed by atoms with Crippen LogP contribution in [0.1, 0.15) is 37.7 Å². The molecule has 0 aliphatic carbocycles. The van der Waals surface area contributed by atoms with Crippen LogP contribution in [0.25, 0.3) is 0 Å². The van der Waals surface area contributed by atoms with Gasteiger partial charge in [-0.15, -0.1) is 0 Å². The van der Waals surface area contributed by atoms with E-state index in [1.54, 1.807) is 30.3 Å². The third-order valence-corrected chi connectivity index (χ3v) is 5.28. The van der Waals surface area contributed by atoms with E-state index < -0.39 is 72.5 Å². The minimum absolute atomic E-state index is 0.0261. The highest BCUT2D eigenvalue weighted by atomic mass is 16.4. The van der Waals surface area contributed by atoms with Crippen molar-refractivity contribution in [3.8, 4) is 0 Å². The van der Waals surface area contributed by atoms with Crippen molar-refractivity contribution in [1.82, 2.24) is 16.0 Å². The number of hydrogen-bond donors (Lipinski definition) is 8. The maximum atomic E-state index is 13.2. The van der Waals surface area contributed by atoms with Gasteiger partial charge in [0, 0.05) is 6.42 Å². The molecule has 0 saturated heterocycles. The van der Waals surface area contributed by atoms with E-state index in [0.717, 1.165) is 0 Å². The lowest BCUT2D eigenvalue weighted by Crippen LogP contribution is -2.58. The highest BCUT2D eigenvalue weighted by molar-refractivity contribution is 5.96. The van der Waals surface area contributed by atoms with Crippen LogP contribution < -0.4 is 38.9 Å². The molecule has 0 spiro atoms. The fourth-order valence-electron chi connectivity index (χ4n) is 3.33. The third kappa shape index (κ3) is 12.0. The van der Waals surface area contributed by atoms with Gasteiger partial charge in [-0.25, -0.2) is 4.79 Å². The molecule has 1 rings (SSSR count). The topological polar surface area (TPSA) is 263 Å². The van der Waals surface area contributed by atoms with E-state index in [9.17, 15) is 33.9 Å². The van der Waals surface area contributed by atoms with Crippen molar-refractivity contribution < 1.29 is 33.9 Å². The van der Waals surface area contributed by atoms with Gasteiger partial charge in [-0.1, -0.05) is 36.8 Å². The number of carbonyl (C=O) groups excluding carboxylic acids is 5. The molecule has 37 heavy (non-hydrogen) atoms. The minimum atomic E-state index is -1.69. The van der Waals surface area contributed by atoms with E-state index in [0.29, 0.717) is 31.4 Å². The maximum Gasteiger partial charge on any atom is 0.326 e. The summed E-state index contributed by atoms with van der Waals surface area (Å²) in [6.45, 7) is 0.443. The molecule has 0 saturated carbocycles. The van der Waals surface area contributed by atoms with Gasteiger partial charge >= 0.3 is 5.97 Å². The van der Waals surface area contributed by atoms with Crippen LogP contribution in [0.15, 0.2) is 30.3 Å². The molecule has 0 bridgehead atoms. The zero-order valence-electron chi connectivity index (χ0n) is 20.4. The molecule has 0 heterocycles. The van der Waals surface area contributed by atoms with Crippen LogP contribution in [0.4, 0.5) is 0 Å². The zero-order chi connectivity index (χ0) is 28.0. The van der Waals surface area contributed by atoms with E-state index >= 15 is 0 Å². The van der Waals surface area contributed by atoms with Crippen molar-refractivity contribution in [2.45, 2.75) is 62.7 Å². The molecule has 0 aromatic heterocycles. The number of carboxylic acid groups (broad SMARTS) is 1. The van der Waals surface area contributed by atoms with Gasteiger partial charge in [0.05, 0.1) is 18.9 Å². The quantitative estimate of drug-likeness (QED) is 0.0968. The van der Waals surface area contributed by atoms with Crippen LogP contribution in [0.5, 0.6) is 0 Å². The van der Waals surface area contributed by atoms with Gasteiger partial charge in [0.2, 0.25) is 29.5 Å². The number of nitrogens with two attached hydrogens (primary N) is 4. The lowest BCUT2D eigenvalue weighted by atomic mass is 10.0. The maximum absolute atomic E-state index is 13.2. The molecule has 0 aliphatic rings. The Morgan fingerprint density at radius 1 is 0.757 bits per heavy atom. The normalized spacial score (nSPS) is 13.9. The number of hydrogen-bond acceptors (Lipinski definition) is 8. The number of benzene rings is 1. The molecule has 0 fully saturated rings. The lowest BCUT2D eigenvalue weighted by molar-refractivity contribution is -0.144. The lowest BCUT2D eigenvalue weighted by Gasteiger charge is -2.24. The average molecular weight is 522 g/mol. The predicted molar refractivity (Wildman–Crippen MR) is 132 cm³/mol. The van der Waals surface area contributed by atoms with Crippen LogP contribution in [-0.2, 0) is 35.2 Å². The van der Waals surface area contributed by atoms with Gasteiger partial charge in [-0.3, -0.25) is 24.0 Å². The Labute approximate surface area is 213 Å². The Kier molecular flexibility index (Phi) is 13.3. The van der Waals surface area contributed by atoms with Gasteiger partial charge in [-0.2, -0.15) is 0 Å². The average Bonchev–Trinajstić information content (AvgIpc) is 2.82. The Hall–Kier alpha value is -4.04. The Bertz CT molecular complexity index is 958. The summed E-state index contributed by atoms with van der Waals surface area (Å²) >= 11 is 0. The molecular weight excluding hydrogens is 486 g/mol.